The molecule has 0 spiro atoms. The molecule has 104 valence electrons. The summed E-state index contributed by atoms with van der Waals surface area (Å²) in [6.07, 6.45) is 2.36. The molecule has 1 unspecified atom stereocenters. The maximum Gasteiger partial charge on any atom is 0.0366 e. The van der Waals surface area contributed by atoms with Crippen molar-refractivity contribution in [1.82, 2.24) is 0 Å². The second kappa shape index (κ2) is 6.01. The highest BCUT2D eigenvalue weighted by molar-refractivity contribution is 9.10. The normalized spacial score (nSPS) is 18.5. The van der Waals surface area contributed by atoms with Gasteiger partial charge in [-0.15, -0.1) is 0 Å². The lowest BCUT2D eigenvalue weighted by molar-refractivity contribution is 0.775. The zero-order valence-electron chi connectivity index (χ0n) is 11.8. The molecule has 3 rings (SSSR count). The molecular formula is C18H20BrN. The molecule has 1 fully saturated rings. The van der Waals surface area contributed by atoms with Crippen molar-refractivity contribution in [1.29, 1.82) is 0 Å². The molecule has 20 heavy (non-hydrogen) atoms. The van der Waals surface area contributed by atoms with Crippen molar-refractivity contribution in [3.8, 4) is 0 Å². The van der Waals surface area contributed by atoms with E-state index >= 15 is 0 Å². The Morgan fingerprint density at radius 3 is 2.40 bits per heavy atom. The lowest BCUT2D eigenvalue weighted by atomic mass is 9.99. The van der Waals surface area contributed by atoms with Gasteiger partial charge in [0, 0.05) is 29.2 Å². The summed E-state index contributed by atoms with van der Waals surface area (Å²) in [5.41, 5.74) is 4.24. The first kappa shape index (κ1) is 13.7. The zero-order valence-corrected chi connectivity index (χ0v) is 13.4. The van der Waals surface area contributed by atoms with E-state index in [1.807, 2.05) is 0 Å². The van der Waals surface area contributed by atoms with E-state index < -0.39 is 0 Å². The van der Waals surface area contributed by atoms with E-state index in [2.05, 4.69) is 76.3 Å². The molecule has 0 N–H and O–H groups in total. The number of anilines is 1. The highest BCUT2D eigenvalue weighted by atomic mass is 79.9. The molecule has 1 saturated heterocycles. The van der Waals surface area contributed by atoms with Crippen molar-refractivity contribution in [3.63, 3.8) is 0 Å². The van der Waals surface area contributed by atoms with Crippen LogP contribution < -0.4 is 4.90 Å². The molecule has 0 aromatic heterocycles. The van der Waals surface area contributed by atoms with E-state index in [0.717, 1.165) is 24.0 Å². The van der Waals surface area contributed by atoms with Gasteiger partial charge >= 0.3 is 0 Å². The third-order valence-corrected chi connectivity index (χ3v) is 4.77. The summed E-state index contributed by atoms with van der Waals surface area (Å²) in [6.45, 7) is 4.49. The Balaban J connectivity index is 1.71. The molecule has 0 aliphatic carbocycles. The summed E-state index contributed by atoms with van der Waals surface area (Å²) >= 11 is 3.51. The molecule has 1 aliphatic heterocycles. The zero-order chi connectivity index (χ0) is 13.9. The van der Waals surface area contributed by atoms with Gasteiger partial charge in [0.2, 0.25) is 0 Å². The third kappa shape index (κ3) is 2.90. The van der Waals surface area contributed by atoms with Crippen LogP contribution in [0, 0.1) is 0 Å². The summed E-state index contributed by atoms with van der Waals surface area (Å²) in [7, 11) is 0. The Labute approximate surface area is 129 Å². The Bertz CT molecular complexity index is 559. The number of halogens is 1. The molecule has 1 heterocycles. The standard InChI is InChI=1S/C18H20BrN/c1-2-14-3-9-18(10-4-14)20-12-11-16(13-20)15-5-7-17(19)8-6-15/h3-10,16H,2,11-13H2,1H3. The molecule has 1 nitrogen and oxygen atoms in total. The van der Waals surface area contributed by atoms with Crippen LogP contribution in [0.2, 0.25) is 0 Å². The minimum atomic E-state index is 0.661. The van der Waals surface area contributed by atoms with Crippen LogP contribution in [0.5, 0.6) is 0 Å². The van der Waals surface area contributed by atoms with Gasteiger partial charge in [0.1, 0.15) is 0 Å². The fourth-order valence-electron chi connectivity index (χ4n) is 2.94. The van der Waals surface area contributed by atoms with Crippen molar-refractivity contribution < 1.29 is 0 Å². The van der Waals surface area contributed by atoms with Crippen LogP contribution in [0.15, 0.2) is 53.0 Å². The maximum atomic E-state index is 3.51. The predicted octanol–water partition coefficient (Wildman–Crippen LogP) is 5.01. The Morgan fingerprint density at radius 2 is 1.75 bits per heavy atom. The van der Waals surface area contributed by atoms with Crippen LogP contribution >= 0.6 is 15.9 Å². The first-order valence-corrected chi connectivity index (χ1v) is 8.15. The Kier molecular flexibility index (Phi) is 4.11. The lowest BCUT2D eigenvalue weighted by Gasteiger charge is -2.19. The highest BCUT2D eigenvalue weighted by Gasteiger charge is 2.23. The molecule has 2 heteroatoms. The molecule has 2 aromatic carbocycles. The highest BCUT2D eigenvalue weighted by Crippen LogP contribution is 2.31. The van der Waals surface area contributed by atoms with Gasteiger partial charge in [-0.2, -0.15) is 0 Å². The van der Waals surface area contributed by atoms with Gasteiger partial charge in [-0.1, -0.05) is 47.1 Å². The summed E-state index contributed by atoms with van der Waals surface area (Å²) in [5, 5.41) is 0. The lowest BCUT2D eigenvalue weighted by Crippen LogP contribution is -2.19. The average Bonchev–Trinajstić information content (AvgIpc) is 2.98. The number of nitrogens with zero attached hydrogens (tertiary/aromatic N) is 1. The number of rotatable bonds is 3. The van der Waals surface area contributed by atoms with E-state index in [-0.39, 0.29) is 0 Å². The number of benzene rings is 2. The van der Waals surface area contributed by atoms with E-state index in [0.29, 0.717) is 5.92 Å². The van der Waals surface area contributed by atoms with Gasteiger partial charge in [-0.05, 0) is 48.2 Å². The van der Waals surface area contributed by atoms with Gasteiger partial charge in [-0.3, -0.25) is 0 Å². The van der Waals surface area contributed by atoms with Gasteiger partial charge in [0.25, 0.3) is 0 Å². The van der Waals surface area contributed by atoms with Crippen LogP contribution in [0.1, 0.15) is 30.4 Å². The fraction of sp³-hybridized carbons (Fsp3) is 0.333. The summed E-state index contributed by atoms with van der Waals surface area (Å²) in [5.74, 6) is 0.661. The number of hydrogen-bond acceptors (Lipinski definition) is 1. The first-order valence-electron chi connectivity index (χ1n) is 7.35. The average molecular weight is 330 g/mol. The van der Waals surface area contributed by atoms with Crippen molar-refractivity contribution in [3.05, 3.63) is 64.1 Å². The monoisotopic (exact) mass is 329 g/mol. The molecule has 0 radical (unpaired) electrons. The maximum absolute atomic E-state index is 3.51. The first-order chi connectivity index (χ1) is 9.76. The second-order valence-electron chi connectivity index (χ2n) is 5.50. The van der Waals surface area contributed by atoms with Gasteiger partial charge < -0.3 is 4.90 Å². The topological polar surface area (TPSA) is 3.24 Å². The van der Waals surface area contributed by atoms with Crippen molar-refractivity contribution in [2.75, 3.05) is 18.0 Å². The molecule has 0 bridgehead atoms. The number of hydrogen-bond donors (Lipinski definition) is 0. The van der Waals surface area contributed by atoms with Crippen molar-refractivity contribution >= 4 is 21.6 Å². The third-order valence-electron chi connectivity index (χ3n) is 4.24. The molecule has 0 amide bonds. The summed E-state index contributed by atoms with van der Waals surface area (Å²) < 4.78 is 1.16. The minimum Gasteiger partial charge on any atom is -0.371 e. The van der Waals surface area contributed by atoms with Crippen LogP contribution in [0.25, 0.3) is 0 Å². The van der Waals surface area contributed by atoms with Crippen molar-refractivity contribution in [2.24, 2.45) is 0 Å². The van der Waals surface area contributed by atoms with E-state index in [9.17, 15) is 0 Å². The molecule has 2 aromatic rings. The molecule has 1 aliphatic rings. The molecular weight excluding hydrogens is 310 g/mol. The van der Waals surface area contributed by atoms with Gasteiger partial charge in [-0.25, -0.2) is 0 Å². The Morgan fingerprint density at radius 1 is 1.05 bits per heavy atom. The SMILES string of the molecule is CCc1ccc(N2CCC(c3ccc(Br)cc3)C2)cc1. The summed E-state index contributed by atoms with van der Waals surface area (Å²) in [4.78, 5) is 2.51. The molecule has 1 atom stereocenters. The van der Waals surface area contributed by atoms with E-state index in [1.54, 1.807) is 0 Å². The number of aryl methyl sites for hydroxylation is 1. The quantitative estimate of drug-likeness (QED) is 0.765. The fourth-order valence-corrected chi connectivity index (χ4v) is 3.21. The second-order valence-corrected chi connectivity index (χ2v) is 6.42. The van der Waals surface area contributed by atoms with Crippen LogP contribution in [0.3, 0.4) is 0 Å². The minimum absolute atomic E-state index is 0.661. The van der Waals surface area contributed by atoms with Crippen LogP contribution in [0.4, 0.5) is 5.69 Å². The van der Waals surface area contributed by atoms with Gasteiger partial charge in [0.15, 0.2) is 0 Å². The van der Waals surface area contributed by atoms with Crippen LogP contribution in [-0.4, -0.2) is 13.1 Å². The van der Waals surface area contributed by atoms with Crippen molar-refractivity contribution in [2.45, 2.75) is 25.7 Å². The Hall–Kier alpha value is -1.28. The molecule has 0 saturated carbocycles. The van der Waals surface area contributed by atoms with E-state index in [1.165, 1.54) is 23.2 Å². The van der Waals surface area contributed by atoms with Gasteiger partial charge in [0.05, 0.1) is 0 Å². The van der Waals surface area contributed by atoms with E-state index in [4.69, 9.17) is 0 Å². The summed E-state index contributed by atoms with van der Waals surface area (Å²) in [6, 6.07) is 17.8. The smallest absolute Gasteiger partial charge is 0.0366 e. The largest absolute Gasteiger partial charge is 0.371 e. The predicted molar refractivity (Wildman–Crippen MR) is 89.5 cm³/mol. The van der Waals surface area contributed by atoms with Crippen LogP contribution in [-0.2, 0) is 6.42 Å².